The van der Waals surface area contributed by atoms with E-state index in [4.69, 9.17) is 0 Å². The number of amides is 1. The van der Waals surface area contributed by atoms with Crippen LogP contribution in [0.15, 0.2) is 29.2 Å². The number of carbonyl (C=O) groups is 1. The fourth-order valence-corrected chi connectivity index (χ4v) is 5.41. The number of hydrogen-bond donors (Lipinski definition) is 1. The molecule has 1 N–H and O–H groups in total. The third kappa shape index (κ3) is 2.25. The van der Waals surface area contributed by atoms with Gasteiger partial charge in [-0.15, -0.1) is 0 Å². The van der Waals surface area contributed by atoms with Gasteiger partial charge < -0.3 is 5.11 Å². The number of benzene rings is 1. The third-order valence-electron chi connectivity index (χ3n) is 4.96. The van der Waals surface area contributed by atoms with Gasteiger partial charge in [-0.2, -0.15) is 0 Å². The average Bonchev–Trinajstić information content (AvgIpc) is 3.06. The molecule has 1 aromatic carbocycles. The first-order valence-electron chi connectivity index (χ1n) is 7.67. The van der Waals surface area contributed by atoms with E-state index in [-0.39, 0.29) is 17.4 Å². The van der Waals surface area contributed by atoms with E-state index in [0.717, 1.165) is 35.6 Å². The van der Waals surface area contributed by atoms with Crippen molar-refractivity contribution in [1.29, 1.82) is 0 Å². The summed E-state index contributed by atoms with van der Waals surface area (Å²) in [6.07, 6.45) is 3.78. The van der Waals surface area contributed by atoms with Gasteiger partial charge in [0, 0.05) is 0 Å². The van der Waals surface area contributed by atoms with Gasteiger partial charge in [0.15, 0.2) is 0 Å². The number of hydrogen-bond acceptors (Lipinski definition) is 4. The topological polar surface area (TPSA) is 74.7 Å². The van der Waals surface area contributed by atoms with Crippen molar-refractivity contribution in [2.45, 2.75) is 50.0 Å². The minimum Gasteiger partial charge on any atom is -0.394 e. The Morgan fingerprint density at radius 3 is 2.36 bits per heavy atom. The van der Waals surface area contributed by atoms with Crippen molar-refractivity contribution in [3.63, 3.8) is 0 Å². The lowest BCUT2D eigenvalue weighted by molar-refractivity contribution is -0.132. The summed E-state index contributed by atoms with van der Waals surface area (Å²) >= 11 is 0. The Bertz CT molecular complexity index is 675. The number of rotatable bonds is 3. The minimum absolute atomic E-state index is 0.111. The highest BCUT2D eigenvalue weighted by Crippen LogP contribution is 2.50. The van der Waals surface area contributed by atoms with E-state index in [1.807, 2.05) is 6.92 Å². The highest BCUT2D eigenvalue weighted by molar-refractivity contribution is 7.89. The Labute approximate surface area is 131 Å². The van der Waals surface area contributed by atoms with Crippen LogP contribution < -0.4 is 0 Å². The molecular weight excluding hydrogens is 302 g/mol. The fourth-order valence-electron chi connectivity index (χ4n) is 3.76. The van der Waals surface area contributed by atoms with E-state index in [9.17, 15) is 18.3 Å². The number of aliphatic hydroxyl groups is 1. The Kier molecular flexibility index (Phi) is 3.77. The highest BCUT2D eigenvalue weighted by atomic mass is 32.2. The van der Waals surface area contributed by atoms with Gasteiger partial charge >= 0.3 is 0 Å². The van der Waals surface area contributed by atoms with E-state index < -0.39 is 21.5 Å². The summed E-state index contributed by atoms with van der Waals surface area (Å²) in [4.78, 5) is 12.9. The first-order chi connectivity index (χ1) is 10.4. The summed E-state index contributed by atoms with van der Waals surface area (Å²) in [7, 11) is -3.91. The lowest BCUT2D eigenvalue weighted by atomic mass is 9.83. The SMILES string of the molecule is Cc1ccc(S(=O)(=O)N2C(=O)C3(CCCC3)CC2CO)cc1. The zero-order valence-corrected chi connectivity index (χ0v) is 13.5. The van der Waals surface area contributed by atoms with Crippen LogP contribution in [0.1, 0.15) is 37.7 Å². The molecule has 1 atom stereocenters. The highest BCUT2D eigenvalue weighted by Gasteiger charge is 2.56. The van der Waals surface area contributed by atoms with Crippen LogP contribution in [0.5, 0.6) is 0 Å². The van der Waals surface area contributed by atoms with Gasteiger partial charge in [-0.1, -0.05) is 30.5 Å². The van der Waals surface area contributed by atoms with Crippen molar-refractivity contribution < 1.29 is 18.3 Å². The van der Waals surface area contributed by atoms with Crippen molar-refractivity contribution >= 4 is 15.9 Å². The molecule has 3 rings (SSSR count). The normalized spacial score (nSPS) is 24.4. The molecule has 2 fully saturated rings. The van der Waals surface area contributed by atoms with Crippen LogP contribution in [0.25, 0.3) is 0 Å². The van der Waals surface area contributed by atoms with Crippen LogP contribution in [0.4, 0.5) is 0 Å². The lowest BCUT2D eigenvalue weighted by Gasteiger charge is -2.24. The van der Waals surface area contributed by atoms with Crippen LogP contribution in [-0.4, -0.2) is 36.4 Å². The van der Waals surface area contributed by atoms with Crippen LogP contribution >= 0.6 is 0 Å². The maximum atomic E-state index is 12.9. The molecule has 120 valence electrons. The number of nitrogens with zero attached hydrogens (tertiary/aromatic N) is 1. The molecular formula is C16H21NO4S. The molecule has 1 unspecified atom stereocenters. The molecule has 1 aromatic rings. The molecule has 1 saturated carbocycles. The molecule has 6 heteroatoms. The van der Waals surface area contributed by atoms with Crippen molar-refractivity contribution in [2.75, 3.05) is 6.61 Å². The molecule has 1 aliphatic carbocycles. The van der Waals surface area contributed by atoms with Gasteiger partial charge in [0.05, 0.1) is 23.0 Å². The number of aryl methyl sites for hydroxylation is 1. The molecule has 1 aliphatic heterocycles. The van der Waals surface area contributed by atoms with Crippen LogP contribution in [0, 0.1) is 12.3 Å². The van der Waals surface area contributed by atoms with Crippen molar-refractivity contribution in [1.82, 2.24) is 4.31 Å². The summed E-state index contributed by atoms with van der Waals surface area (Å²) in [5.41, 5.74) is 0.378. The molecule has 1 amide bonds. The molecule has 2 aliphatic rings. The number of sulfonamides is 1. The molecule has 22 heavy (non-hydrogen) atoms. The second-order valence-electron chi connectivity index (χ2n) is 6.45. The van der Waals surface area contributed by atoms with E-state index >= 15 is 0 Å². The van der Waals surface area contributed by atoms with Gasteiger partial charge in [-0.25, -0.2) is 12.7 Å². The van der Waals surface area contributed by atoms with E-state index in [1.165, 1.54) is 12.1 Å². The van der Waals surface area contributed by atoms with Gasteiger partial charge in [-0.05, 0) is 38.3 Å². The molecule has 0 aromatic heterocycles. The second-order valence-corrected chi connectivity index (χ2v) is 8.26. The van der Waals surface area contributed by atoms with Gasteiger partial charge in [0.25, 0.3) is 10.0 Å². The summed E-state index contributed by atoms with van der Waals surface area (Å²) < 4.78 is 26.7. The third-order valence-corrected chi connectivity index (χ3v) is 6.81. The van der Waals surface area contributed by atoms with Crippen molar-refractivity contribution in [2.24, 2.45) is 5.41 Å². The molecule has 0 radical (unpaired) electrons. The predicted molar refractivity (Wildman–Crippen MR) is 81.6 cm³/mol. The predicted octanol–water partition coefficient (Wildman–Crippen LogP) is 1.84. The maximum absolute atomic E-state index is 12.9. The second kappa shape index (κ2) is 5.35. The Morgan fingerprint density at radius 1 is 1.23 bits per heavy atom. The molecule has 5 nitrogen and oxygen atoms in total. The lowest BCUT2D eigenvalue weighted by Crippen LogP contribution is -2.42. The molecule has 1 spiro atoms. The average molecular weight is 323 g/mol. The summed E-state index contributed by atoms with van der Waals surface area (Å²) in [5.74, 6) is -0.329. The van der Waals surface area contributed by atoms with Crippen LogP contribution in [0.2, 0.25) is 0 Å². The Balaban J connectivity index is 2.01. The van der Waals surface area contributed by atoms with Crippen molar-refractivity contribution in [3.05, 3.63) is 29.8 Å². The standard InChI is InChI=1S/C16H21NO4S/c1-12-4-6-14(7-5-12)22(20,21)17-13(11-18)10-16(15(17)19)8-2-3-9-16/h4-7,13,18H,2-3,8-11H2,1H3. The molecule has 1 saturated heterocycles. The number of carbonyl (C=O) groups excluding carboxylic acids is 1. The monoisotopic (exact) mass is 323 g/mol. The minimum atomic E-state index is -3.91. The summed E-state index contributed by atoms with van der Waals surface area (Å²) in [6, 6.07) is 5.83. The van der Waals surface area contributed by atoms with Gasteiger partial charge in [0.2, 0.25) is 5.91 Å². The van der Waals surface area contributed by atoms with Gasteiger partial charge in [-0.3, -0.25) is 4.79 Å². The van der Waals surface area contributed by atoms with Crippen LogP contribution in [-0.2, 0) is 14.8 Å². The quantitative estimate of drug-likeness (QED) is 0.921. The van der Waals surface area contributed by atoms with E-state index in [2.05, 4.69) is 0 Å². The maximum Gasteiger partial charge on any atom is 0.266 e. The fraction of sp³-hybridized carbons (Fsp3) is 0.562. The van der Waals surface area contributed by atoms with E-state index in [1.54, 1.807) is 12.1 Å². The van der Waals surface area contributed by atoms with Crippen LogP contribution in [0.3, 0.4) is 0 Å². The molecule has 0 bridgehead atoms. The zero-order valence-electron chi connectivity index (χ0n) is 12.7. The summed E-state index contributed by atoms with van der Waals surface area (Å²) in [6.45, 7) is 1.56. The zero-order chi connectivity index (χ0) is 16.0. The summed E-state index contributed by atoms with van der Waals surface area (Å²) in [5, 5.41) is 9.59. The first-order valence-corrected chi connectivity index (χ1v) is 9.11. The molecule has 1 heterocycles. The largest absolute Gasteiger partial charge is 0.394 e. The Morgan fingerprint density at radius 2 is 1.82 bits per heavy atom. The van der Waals surface area contributed by atoms with E-state index in [0.29, 0.717) is 6.42 Å². The first kappa shape index (κ1) is 15.5. The Hall–Kier alpha value is -1.40. The van der Waals surface area contributed by atoms with Gasteiger partial charge in [0.1, 0.15) is 0 Å². The number of aliphatic hydroxyl groups excluding tert-OH is 1. The smallest absolute Gasteiger partial charge is 0.266 e. The van der Waals surface area contributed by atoms with Crippen molar-refractivity contribution in [3.8, 4) is 0 Å².